The van der Waals surface area contributed by atoms with Crippen molar-refractivity contribution in [2.75, 3.05) is 25.2 Å². The number of Topliss-reactive ketones (excluding diaryl/α,β-unsaturated/α-hetero) is 1. The number of nitrogen functional groups attached to an aromatic ring is 1. The van der Waals surface area contributed by atoms with E-state index in [1.165, 1.54) is 23.8 Å². The molecule has 2 atom stereocenters. The SMILES string of the molecule is C=C(C)C1=C(C(=O)OCC(=O)C(C)(C)C)N2C(=O)[C@@H](NC(=O)/C(=N/OC)c3csc(N)n3)[C@H]2SC1. The summed E-state index contributed by atoms with van der Waals surface area (Å²) in [5.41, 5.74) is 6.24. The molecule has 0 aromatic carbocycles. The molecule has 3 rings (SSSR count). The van der Waals surface area contributed by atoms with Crippen LogP contribution in [0.25, 0.3) is 0 Å². The number of carbonyl (C=O) groups excluding carboxylic acids is 4. The van der Waals surface area contributed by atoms with Gasteiger partial charge in [0.1, 0.15) is 29.9 Å². The van der Waals surface area contributed by atoms with Crippen LogP contribution in [-0.4, -0.2) is 70.0 Å². The lowest BCUT2D eigenvalue weighted by Crippen LogP contribution is -2.71. The topological polar surface area (TPSA) is 153 Å². The number of anilines is 1. The molecule has 1 fully saturated rings. The second-order valence-corrected chi connectivity index (χ2v) is 10.9. The molecule has 3 heterocycles. The van der Waals surface area contributed by atoms with Gasteiger partial charge in [0.2, 0.25) is 0 Å². The number of nitrogens with zero attached hydrogens (tertiary/aromatic N) is 3. The van der Waals surface area contributed by atoms with Gasteiger partial charge in [-0.3, -0.25) is 19.3 Å². The van der Waals surface area contributed by atoms with Crippen LogP contribution in [0.2, 0.25) is 0 Å². The van der Waals surface area contributed by atoms with Gasteiger partial charge in [-0.2, -0.15) is 0 Å². The molecule has 13 heteroatoms. The van der Waals surface area contributed by atoms with Crippen LogP contribution < -0.4 is 11.1 Å². The molecule has 35 heavy (non-hydrogen) atoms. The van der Waals surface area contributed by atoms with Gasteiger partial charge in [0.05, 0.1) is 0 Å². The van der Waals surface area contributed by atoms with Crippen molar-refractivity contribution < 1.29 is 28.8 Å². The first-order valence-electron chi connectivity index (χ1n) is 10.5. The van der Waals surface area contributed by atoms with Gasteiger partial charge in [0.15, 0.2) is 23.2 Å². The van der Waals surface area contributed by atoms with Crippen LogP contribution in [0, 0.1) is 5.41 Å². The maximum absolute atomic E-state index is 13.1. The Labute approximate surface area is 210 Å². The van der Waals surface area contributed by atoms with Gasteiger partial charge < -0.3 is 20.6 Å². The minimum absolute atomic E-state index is 0.0384. The third kappa shape index (κ3) is 5.40. The second kappa shape index (κ2) is 10.2. The number of oxime groups is 1. The van der Waals surface area contributed by atoms with E-state index in [1.807, 2.05) is 0 Å². The number of rotatable bonds is 8. The molecular formula is C22H27N5O6S2. The Morgan fingerprint density at radius 3 is 2.60 bits per heavy atom. The molecule has 0 bridgehead atoms. The fraction of sp³-hybridized carbons (Fsp3) is 0.455. The largest absolute Gasteiger partial charge is 0.453 e. The summed E-state index contributed by atoms with van der Waals surface area (Å²) in [6, 6.07) is -0.920. The minimum Gasteiger partial charge on any atom is -0.453 e. The highest BCUT2D eigenvalue weighted by Gasteiger charge is 2.55. The first-order valence-corrected chi connectivity index (χ1v) is 12.5. The van der Waals surface area contributed by atoms with Crippen molar-refractivity contribution in [3.05, 3.63) is 34.5 Å². The van der Waals surface area contributed by atoms with E-state index in [2.05, 4.69) is 22.0 Å². The fourth-order valence-corrected chi connectivity index (χ4v) is 5.26. The first-order chi connectivity index (χ1) is 16.4. The number of hydrogen-bond acceptors (Lipinski definition) is 11. The Morgan fingerprint density at radius 2 is 2.06 bits per heavy atom. The monoisotopic (exact) mass is 521 g/mol. The Balaban J connectivity index is 1.79. The highest BCUT2D eigenvalue weighted by Crippen LogP contribution is 2.42. The van der Waals surface area contributed by atoms with Crippen molar-refractivity contribution in [1.29, 1.82) is 0 Å². The summed E-state index contributed by atoms with van der Waals surface area (Å²) >= 11 is 2.50. The van der Waals surface area contributed by atoms with E-state index in [-0.39, 0.29) is 28.0 Å². The third-order valence-electron chi connectivity index (χ3n) is 5.30. The molecule has 188 valence electrons. The Hall–Kier alpha value is -3.19. The number of ether oxygens (including phenoxy) is 1. The smallest absolute Gasteiger partial charge is 0.355 e. The Morgan fingerprint density at radius 1 is 1.37 bits per heavy atom. The highest BCUT2D eigenvalue weighted by atomic mass is 32.2. The summed E-state index contributed by atoms with van der Waals surface area (Å²) in [5, 5.41) is 7.60. The van der Waals surface area contributed by atoms with Crippen LogP contribution in [0.1, 0.15) is 33.4 Å². The zero-order valence-electron chi connectivity index (χ0n) is 20.0. The number of hydrogen-bond donors (Lipinski definition) is 2. The molecule has 2 aliphatic heterocycles. The van der Waals surface area contributed by atoms with Gasteiger partial charge >= 0.3 is 5.97 Å². The average Bonchev–Trinajstić information content (AvgIpc) is 3.22. The van der Waals surface area contributed by atoms with Crippen molar-refractivity contribution in [1.82, 2.24) is 15.2 Å². The molecule has 0 spiro atoms. The molecular weight excluding hydrogens is 494 g/mol. The van der Waals surface area contributed by atoms with Crippen LogP contribution in [0.5, 0.6) is 0 Å². The van der Waals surface area contributed by atoms with E-state index in [0.717, 1.165) is 11.3 Å². The lowest BCUT2D eigenvalue weighted by molar-refractivity contribution is -0.154. The molecule has 2 amide bonds. The Kier molecular flexibility index (Phi) is 7.70. The molecule has 1 saturated heterocycles. The first kappa shape index (κ1) is 26.4. The summed E-state index contributed by atoms with van der Waals surface area (Å²) in [5.74, 6) is -1.85. The molecule has 0 unspecified atom stereocenters. The average molecular weight is 522 g/mol. The number of esters is 1. The third-order valence-corrected chi connectivity index (χ3v) is 7.25. The number of nitrogens with one attached hydrogen (secondary N) is 1. The quantitative estimate of drug-likeness (QED) is 0.224. The lowest BCUT2D eigenvalue weighted by Gasteiger charge is -2.49. The molecule has 2 aliphatic rings. The molecule has 3 N–H and O–H groups in total. The number of carbonyl (C=O) groups is 4. The molecule has 0 aliphatic carbocycles. The summed E-state index contributed by atoms with van der Waals surface area (Å²) in [6.07, 6.45) is 0. The number of aromatic nitrogens is 1. The summed E-state index contributed by atoms with van der Waals surface area (Å²) in [4.78, 5) is 61.2. The minimum atomic E-state index is -0.920. The van der Waals surface area contributed by atoms with Crippen molar-refractivity contribution in [3.8, 4) is 0 Å². The second-order valence-electron chi connectivity index (χ2n) is 8.91. The molecule has 11 nitrogen and oxygen atoms in total. The van der Waals surface area contributed by atoms with E-state index in [1.54, 1.807) is 33.1 Å². The molecule has 0 saturated carbocycles. The predicted octanol–water partition coefficient (Wildman–Crippen LogP) is 1.46. The number of β-lactam (4-membered cyclic amide) rings is 1. The zero-order chi connectivity index (χ0) is 26.1. The molecule has 0 radical (unpaired) electrons. The fourth-order valence-electron chi connectivity index (χ4n) is 3.25. The van der Waals surface area contributed by atoms with Crippen molar-refractivity contribution in [3.63, 3.8) is 0 Å². The van der Waals surface area contributed by atoms with Gasteiger partial charge in [-0.25, -0.2) is 9.78 Å². The predicted molar refractivity (Wildman–Crippen MR) is 132 cm³/mol. The number of ketones is 1. The van der Waals surface area contributed by atoms with Crippen molar-refractivity contribution in [2.45, 2.75) is 39.1 Å². The standard InChI is InChI=1S/C22H27N5O6S2/c1-10(2)11-8-34-19-15(25-17(29)14(26-32-6)12-9-35-21(23)24-12)18(30)27(19)16(11)20(31)33-7-13(28)22(3,4)5/h9,15,19H,1,7-8H2,2-6H3,(H2,23,24)(H,25,29)/b26-14+/t15-,19-/m1/s1. The van der Waals surface area contributed by atoms with Crippen LogP contribution in [0.15, 0.2) is 34.0 Å². The number of nitrogens with two attached hydrogens (primary N) is 1. The van der Waals surface area contributed by atoms with E-state index < -0.39 is 41.2 Å². The van der Waals surface area contributed by atoms with E-state index in [0.29, 0.717) is 16.9 Å². The van der Waals surface area contributed by atoms with Gasteiger partial charge in [0.25, 0.3) is 11.8 Å². The van der Waals surface area contributed by atoms with E-state index >= 15 is 0 Å². The zero-order valence-corrected chi connectivity index (χ0v) is 21.7. The number of fused-ring (bicyclic) bond motifs is 1. The number of amides is 2. The van der Waals surface area contributed by atoms with E-state index in [9.17, 15) is 19.2 Å². The van der Waals surface area contributed by atoms with Gasteiger partial charge in [-0.1, -0.05) is 38.1 Å². The van der Waals surface area contributed by atoms with Crippen LogP contribution in [0.3, 0.4) is 0 Å². The van der Waals surface area contributed by atoms with Crippen LogP contribution in [0.4, 0.5) is 5.13 Å². The van der Waals surface area contributed by atoms with Gasteiger partial charge in [0, 0.05) is 16.5 Å². The number of thiazole rings is 1. The Bertz CT molecular complexity index is 1150. The maximum Gasteiger partial charge on any atom is 0.355 e. The summed E-state index contributed by atoms with van der Waals surface area (Å²) in [7, 11) is 1.28. The summed E-state index contributed by atoms with van der Waals surface area (Å²) < 4.78 is 5.27. The summed E-state index contributed by atoms with van der Waals surface area (Å²) in [6.45, 7) is 10.4. The van der Waals surface area contributed by atoms with Crippen LogP contribution in [-0.2, 0) is 28.8 Å². The van der Waals surface area contributed by atoms with Crippen molar-refractivity contribution in [2.24, 2.45) is 10.6 Å². The van der Waals surface area contributed by atoms with Crippen molar-refractivity contribution >= 4 is 57.5 Å². The van der Waals surface area contributed by atoms with Crippen LogP contribution >= 0.6 is 23.1 Å². The molecule has 1 aromatic heterocycles. The highest BCUT2D eigenvalue weighted by molar-refractivity contribution is 8.00. The maximum atomic E-state index is 13.1. The van der Waals surface area contributed by atoms with Gasteiger partial charge in [-0.15, -0.1) is 23.1 Å². The number of allylic oxidation sites excluding steroid dienone is 1. The number of thioether (sulfide) groups is 1. The lowest BCUT2D eigenvalue weighted by atomic mass is 9.91. The van der Waals surface area contributed by atoms with E-state index in [4.69, 9.17) is 15.3 Å². The molecule has 1 aromatic rings. The normalized spacial score (nSPS) is 20.1. The van der Waals surface area contributed by atoms with Gasteiger partial charge in [-0.05, 0) is 12.5 Å².